The van der Waals surface area contributed by atoms with Gasteiger partial charge in [-0.25, -0.2) is 0 Å². The van der Waals surface area contributed by atoms with Gasteiger partial charge in [-0.1, -0.05) is 6.07 Å². The summed E-state index contributed by atoms with van der Waals surface area (Å²) in [5.41, 5.74) is 6.94. The van der Waals surface area contributed by atoms with E-state index in [1.54, 1.807) is 7.11 Å². The molecule has 1 aromatic carbocycles. The van der Waals surface area contributed by atoms with Gasteiger partial charge in [-0.2, -0.15) is 0 Å². The highest BCUT2D eigenvalue weighted by atomic mass is 16.5. The van der Waals surface area contributed by atoms with Crippen LogP contribution in [0.25, 0.3) is 0 Å². The van der Waals surface area contributed by atoms with Crippen LogP contribution in [-0.2, 0) is 4.74 Å². The molecular weight excluding hydrogens is 230 g/mol. The summed E-state index contributed by atoms with van der Waals surface area (Å²) in [6, 6.07) is 5.85. The lowest BCUT2D eigenvalue weighted by Crippen LogP contribution is -2.26. The van der Waals surface area contributed by atoms with E-state index in [-0.39, 0.29) is 12.1 Å². The molecule has 0 radical (unpaired) electrons. The molecule has 0 aromatic heterocycles. The number of rotatable bonds is 4. The summed E-state index contributed by atoms with van der Waals surface area (Å²) < 4.78 is 16.7. The quantitative estimate of drug-likeness (QED) is 0.892. The number of ether oxygens (including phenoxy) is 3. The SMILES string of the molecule is COc1ccc(C(C)N)cc1OC1CCOCC1. The number of hydrogen-bond acceptors (Lipinski definition) is 4. The molecule has 1 aromatic rings. The van der Waals surface area contributed by atoms with E-state index in [0.717, 1.165) is 43.1 Å². The summed E-state index contributed by atoms with van der Waals surface area (Å²) in [5.74, 6) is 1.53. The van der Waals surface area contributed by atoms with Crippen LogP contribution in [0.1, 0.15) is 31.4 Å². The lowest BCUT2D eigenvalue weighted by atomic mass is 10.1. The van der Waals surface area contributed by atoms with Crippen molar-refractivity contribution in [2.75, 3.05) is 20.3 Å². The summed E-state index contributed by atoms with van der Waals surface area (Å²) in [7, 11) is 1.65. The average Bonchev–Trinajstić information content (AvgIpc) is 2.39. The van der Waals surface area contributed by atoms with E-state index in [4.69, 9.17) is 19.9 Å². The lowest BCUT2D eigenvalue weighted by molar-refractivity contribution is 0.0245. The molecule has 4 heteroatoms. The Morgan fingerprint density at radius 1 is 1.28 bits per heavy atom. The Morgan fingerprint density at radius 2 is 2.00 bits per heavy atom. The lowest BCUT2D eigenvalue weighted by Gasteiger charge is -2.24. The highest BCUT2D eigenvalue weighted by molar-refractivity contribution is 5.43. The van der Waals surface area contributed by atoms with Gasteiger partial charge < -0.3 is 19.9 Å². The highest BCUT2D eigenvalue weighted by Gasteiger charge is 2.18. The summed E-state index contributed by atoms with van der Waals surface area (Å²) in [5, 5.41) is 0. The van der Waals surface area contributed by atoms with Gasteiger partial charge in [0.25, 0.3) is 0 Å². The van der Waals surface area contributed by atoms with Crippen molar-refractivity contribution in [1.29, 1.82) is 0 Å². The van der Waals surface area contributed by atoms with E-state index in [1.807, 2.05) is 25.1 Å². The molecule has 100 valence electrons. The molecule has 1 atom stereocenters. The van der Waals surface area contributed by atoms with Crippen LogP contribution in [0.15, 0.2) is 18.2 Å². The van der Waals surface area contributed by atoms with Crippen molar-refractivity contribution < 1.29 is 14.2 Å². The molecule has 1 unspecified atom stereocenters. The monoisotopic (exact) mass is 251 g/mol. The van der Waals surface area contributed by atoms with Crippen molar-refractivity contribution in [2.24, 2.45) is 5.73 Å². The molecule has 0 bridgehead atoms. The van der Waals surface area contributed by atoms with Crippen LogP contribution in [0.3, 0.4) is 0 Å². The van der Waals surface area contributed by atoms with Crippen LogP contribution < -0.4 is 15.2 Å². The minimum atomic E-state index is -0.00653. The first-order chi connectivity index (χ1) is 8.70. The zero-order valence-electron chi connectivity index (χ0n) is 11.0. The molecule has 4 nitrogen and oxygen atoms in total. The fraction of sp³-hybridized carbons (Fsp3) is 0.571. The number of nitrogens with two attached hydrogens (primary N) is 1. The molecule has 0 spiro atoms. The van der Waals surface area contributed by atoms with Crippen LogP contribution in [-0.4, -0.2) is 26.4 Å². The van der Waals surface area contributed by atoms with E-state index >= 15 is 0 Å². The number of hydrogen-bond donors (Lipinski definition) is 1. The van der Waals surface area contributed by atoms with E-state index in [9.17, 15) is 0 Å². The Kier molecular flexibility index (Phi) is 4.44. The standard InChI is InChI=1S/C14H21NO3/c1-10(15)11-3-4-13(16-2)14(9-11)18-12-5-7-17-8-6-12/h3-4,9-10,12H,5-8,15H2,1-2H3. The molecule has 1 fully saturated rings. The maximum atomic E-state index is 6.01. The molecule has 2 rings (SSSR count). The van der Waals surface area contributed by atoms with E-state index < -0.39 is 0 Å². The Morgan fingerprint density at radius 3 is 2.61 bits per heavy atom. The van der Waals surface area contributed by atoms with Crippen molar-refractivity contribution >= 4 is 0 Å². The van der Waals surface area contributed by atoms with E-state index in [0.29, 0.717) is 0 Å². The number of methoxy groups -OCH3 is 1. The average molecular weight is 251 g/mol. The molecular formula is C14H21NO3. The van der Waals surface area contributed by atoms with Crippen molar-refractivity contribution in [3.05, 3.63) is 23.8 Å². The predicted molar refractivity (Wildman–Crippen MR) is 70.1 cm³/mol. The van der Waals surface area contributed by atoms with Gasteiger partial charge in [-0.05, 0) is 24.6 Å². The van der Waals surface area contributed by atoms with Crippen LogP contribution in [0, 0.1) is 0 Å². The molecule has 18 heavy (non-hydrogen) atoms. The molecule has 1 heterocycles. The van der Waals surface area contributed by atoms with Crippen molar-refractivity contribution in [1.82, 2.24) is 0 Å². The van der Waals surface area contributed by atoms with Gasteiger partial charge in [0.1, 0.15) is 6.10 Å². The largest absolute Gasteiger partial charge is 0.493 e. The summed E-state index contributed by atoms with van der Waals surface area (Å²) in [6.07, 6.45) is 2.05. The third-order valence-electron chi connectivity index (χ3n) is 3.18. The summed E-state index contributed by atoms with van der Waals surface area (Å²) in [4.78, 5) is 0. The Balaban J connectivity index is 2.15. The third kappa shape index (κ3) is 3.15. The Bertz CT molecular complexity index is 387. The van der Waals surface area contributed by atoms with Gasteiger partial charge >= 0.3 is 0 Å². The van der Waals surface area contributed by atoms with E-state index in [2.05, 4.69) is 0 Å². The fourth-order valence-electron chi connectivity index (χ4n) is 2.04. The smallest absolute Gasteiger partial charge is 0.161 e. The van der Waals surface area contributed by atoms with Crippen LogP contribution in [0.4, 0.5) is 0 Å². The van der Waals surface area contributed by atoms with Crippen molar-refractivity contribution in [3.8, 4) is 11.5 Å². The predicted octanol–water partition coefficient (Wildman–Crippen LogP) is 2.27. The van der Waals surface area contributed by atoms with E-state index in [1.165, 1.54) is 0 Å². The van der Waals surface area contributed by atoms with Gasteiger partial charge in [0.15, 0.2) is 11.5 Å². The van der Waals surface area contributed by atoms with Gasteiger partial charge in [0.05, 0.1) is 20.3 Å². The number of benzene rings is 1. The molecule has 0 saturated carbocycles. The maximum absolute atomic E-state index is 6.01. The molecule has 2 N–H and O–H groups in total. The summed E-state index contributed by atoms with van der Waals surface area (Å²) >= 11 is 0. The van der Waals surface area contributed by atoms with Crippen molar-refractivity contribution in [3.63, 3.8) is 0 Å². The first-order valence-corrected chi connectivity index (χ1v) is 6.38. The van der Waals surface area contributed by atoms with Gasteiger partial charge in [-0.3, -0.25) is 0 Å². The first kappa shape index (κ1) is 13.2. The maximum Gasteiger partial charge on any atom is 0.161 e. The van der Waals surface area contributed by atoms with Gasteiger partial charge in [-0.15, -0.1) is 0 Å². The molecule has 1 saturated heterocycles. The second-order valence-electron chi connectivity index (χ2n) is 4.63. The Hall–Kier alpha value is -1.26. The second kappa shape index (κ2) is 6.07. The normalized spacial score (nSPS) is 18.4. The van der Waals surface area contributed by atoms with Crippen LogP contribution in [0.5, 0.6) is 11.5 Å². The minimum absolute atomic E-state index is 0.00653. The topological polar surface area (TPSA) is 53.7 Å². The third-order valence-corrected chi connectivity index (χ3v) is 3.18. The zero-order chi connectivity index (χ0) is 13.0. The van der Waals surface area contributed by atoms with Gasteiger partial charge in [0, 0.05) is 18.9 Å². The van der Waals surface area contributed by atoms with Crippen LogP contribution in [0.2, 0.25) is 0 Å². The summed E-state index contributed by atoms with van der Waals surface area (Å²) in [6.45, 7) is 3.49. The second-order valence-corrected chi connectivity index (χ2v) is 4.63. The first-order valence-electron chi connectivity index (χ1n) is 6.38. The minimum Gasteiger partial charge on any atom is -0.493 e. The molecule has 0 amide bonds. The Labute approximate surface area is 108 Å². The molecule has 0 aliphatic carbocycles. The zero-order valence-corrected chi connectivity index (χ0v) is 11.0. The highest BCUT2D eigenvalue weighted by Crippen LogP contribution is 2.31. The fourth-order valence-corrected chi connectivity index (χ4v) is 2.04. The molecule has 1 aliphatic rings. The van der Waals surface area contributed by atoms with Crippen LogP contribution >= 0.6 is 0 Å². The van der Waals surface area contributed by atoms with Gasteiger partial charge in [0.2, 0.25) is 0 Å². The molecule has 1 aliphatic heterocycles. The van der Waals surface area contributed by atoms with Crippen molar-refractivity contribution in [2.45, 2.75) is 31.9 Å².